The Kier molecular flexibility index (Phi) is 5.07. The first-order chi connectivity index (χ1) is 9.24. The van der Waals surface area contributed by atoms with E-state index in [2.05, 4.69) is 5.32 Å². The van der Waals surface area contributed by atoms with E-state index in [-0.39, 0.29) is 18.5 Å². The van der Waals surface area contributed by atoms with Crippen LogP contribution in [0.1, 0.15) is 18.9 Å². The summed E-state index contributed by atoms with van der Waals surface area (Å²) in [6.07, 6.45) is 0.871. The maximum atomic E-state index is 13.8. The molecule has 0 radical (unpaired) electrons. The number of halogens is 1. The molecule has 0 unspecified atom stereocenters. The maximum absolute atomic E-state index is 13.8. The molecule has 19 heavy (non-hydrogen) atoms. The molecule has 0 saturated carbocycles. The van der Waals surface area contributed by atoms with Crippen molar-refractivity contribution in [3.63, 3.8) is 0 Å². The smallest absolute Gasteiger partial charge is 0.131 e. The van der Waals surface area contributed by atoms with Gasteiger partial charge in [-0.25, -0.2) is 4.39 Å². The molecule has 102 valence electrons. The first kappa shape index (κ1) is 14.2. The van der Waals surface area contributed by atoms with Crippen LogP contribution in [0.3, 0.4) is 0 Å². The molecule has 1 aromatic carbocycles. The fourth-order valence-corrected chi connectivity index (χ4v) is 2.65. The molecule has 0 aliphatic heterocycles. The monoisotopic (exact) mass is 279 g/mol. The zero-order valence-electron chi connectivity index (χ0n) is 10.9. The molecule has 0 bridgehead atoms. The Labute approximate surface area is 116 Å². The summed E-state index contributed by atoms with van der Waals surface area (Å²) in [5.41, 5.74) is 1.67. The van der Waals surface area contributed by atoms with Crippen LogP contribution >= 0.6 is 11.3 Å². The van der Waals surface area contributed by atoms with Gasteiger partial charge in [0.25, 0.3) is 0 Å². The highest BCUT2D eigenvalue weighted by Gasteiger charge is 2.08. The highest BCUT2D eigenvalue weighted by atomic mass is 32.1. The van der Waals surface area contributed by atoms with Gasteiger partial charge < -0.3 is 10.4 Å². The second-order valence-corrected chi connectivity index (χ2v) is 5.41. The van der Waals surface area contributed by atoms with Crippen molar-refractivity contribution < 1.29 is 9.50 Å². The Morgan fingerprint density at radius 1 is 1.37 bits per heavy atom. The van der Waals surface area contributed by atoms with Gasteiger partial charge in [0, 0.05) is 23.0 Å². The molecule has 1 atom stereocenters. The van der Waals surface area contributed by atoms with Gasteiger partial charge in [-0.2, -0.15) is 0 Å². The minimum atomic E-state index is -0.194. The van der Waals surface area contributed by atoms with Gasteiger partial charge in [0.05, 0.1) is 6.61 Å². The summed E-state index contributed by atoms with van der Waals surface area (Å²) in [6, 6.07) is 9.09. The van der Waals surface area contributed by atoms with Crippen LogP contribution in [0.15, 0.2) is 35.7 Å². The molecule has 0 amide bonds. The van der Waals surface area contributed by atoms with E-state index in [0.29, 0.717) is 12.1 Å². The Morgan fingerprint density at radius 3 is 2.84 bits per heavy atom. The third-order valence-corrected chi connectivity index (χ3v) is 4.03. The number of hydrogen-bond acceptors (Lipinski definition) is 3. The average Bonchev–Trinajstić information content (AvgIpc) is 2.95. The Hall–Kier alpha value is -1.23. The first-order valence-corrected chi connectivity index (χ1v) is 7.29. The molecule has 1 heterocycles. The van der Waals surface area contributed by atoms with Crippen molar-refractivity contribution in [2.45, 2.75) is 25.9 Å². The van der Waals surface area contributed by atoms with Crippen molar-refractivity contribution in [1.29, 1.82) is 0 Å². The molecule has 0 spiro atoms. The van der Waals surface area contributed by atoms with Gasteiger partial charge in [-0.1, -0.05) is 19.1 Å². The van der Waals surface area contributed by atoms with Gasteiger partial charge in [0.2, 0.25) is 0 Å². The van der Waals surface area contributed by atoms with Crippen LogP contribution in [0.2, 0.25) is 0 Å². The SMILES string of the molecule is CC[C@@H](CO)NCc1ccc(F)c(-c2cccs2)c1. The largest absolute Gasteiger partial charge is 0.395 e. The van der Waals surface area contributed by atoms with Gasteiger partial charge in [-0.05, 0) is 35.6 Å². The minimum absolute atomic E-state index is 0.0928. The topological polar surface area (TPSA) is 32.3 Å². The van der Waals surface area contributed by atoms with Gasteiger partial charge >= 0.3 is 0 Å². The Morgan fingerprint density at radius 2 is 2.21 bits per heavy atom. The summed E-state index contributed by atoms with van der Waals surface area (Å²) in [5.74, 6) is -0.194. The number of benzene rings is 1. The predicted molar refractivity (Wildman–Crippen MR) is 77.7 cm³/mol. The van der Waals surface area contributed by atoms with E-state index >= 15 is 0 Å². The van der Waals surface area contributed by atoms with E-state index in [4.69, 9.17) is 5.11 Å². The zero-order chi connectivity index (χ0) is 13.7. The number of nitrogens with one attached hydrogen (secondary N) is 1. The molecular formula is C15H18FNOS. The van der Waals surface area contributed by atoms with E-state index in [1.165, 1.54) is 17.4 Å². The lowest BCUT2D eigenvalue weighted by Gasteiger charge is -2.14. The molecule has 4 heteroatoms. The zero-order valence-corrected chi connectivity index (χ0v) is 11.7. The van der Waals surface area contributed by atoms with E-state index < -0.39 is 0 Å². The molecule has 0 saturated heterocycles. The third-order valence-electron chi connectivity index (χ3n) is 3.13. The summed E-state index contributed by atoms with van der Waals surface area (Å²) in [6.45, 7) is 2.78. The van der Waals surface area contributed by atoms with Crippen LogP contribution in [0.5, 0.6) is 0 Å². The van der Waals surface area contributed by atoms with Gasteiger partial charge in [-0.3, -0.25) is 0 Å². The summed E-state index contributed by atoms with van der Waals surface area (Å²) in [5, 5.41) is 14.3. The van der Waals surface area contributed by atoms with Crippen LogP contribution in [-0.2, 0) is 6.54 Å². The van der Waals surface area contributed by atoms with Gasteiger partial charge in [-0.15, -0.1) is 11.3 Å². The number of rotatable bonds is 6. The lowest BCUT2D eigenvalue weighted by Crippen LogP contribution is -2.31. The van der Waals surface area contributed by atoms with Crippen LogP contribution < -0.4 is 5.32 Å². The van der Waals surface area contributed by atoms with Crippen molar-refractivity contribution in [1.82, 2.24) is 5.32 Å². The predicted octanol–water partition coefficient (Wildman–Crippen LogP) is 3.41. The normalized spacial score (nSPS) is 12.6. The van der Waals surface area contributed by atoms with Gasteiger partial charge in [0.1, 0.15) is 5.82 Å². The van der Waals surface area contributed by atoms with Gasteiger partial charge in [0.15, 0.2) is 0 Å². The van der Waals surface area contributed by atoms with Crippen molar-refractivity contribution >= 4 is 11.3 Å². The molecule has 1 aromatic heterocycles. The molecule has 0 aliphatic carbocycles. The number of thiophene rings is 1. The van der Waals surface area contributed by atoms with Crippen molar-refractivity contribution in [2.24, 2.45) is 0 Å². The first-order valence-electron chi connectivity index (χ1n) is 6.41. The number of aliphatic hydroxyl groups is 1. The lowest BCUT2D eigenvalue weighted by molar-refractivity contribution is 0.238. The Bertz CT molecular complexity index is 509. The highest BCUT2D eigenvalue weighted by Crippen LogP contribution is 2.28. The van der Waals surface area contributed by atoms with E-state index in [1.807, 2.05) is 30.5 Å². The third kappa shape index (κ3) is 3.62. The van der Waals surface area contributed by atoms with E-state index in [9.17, 15) is 4.39 Å². The molecule has 0 aliphatic rings. The molecule has 2 rings (SSSR count). The van der Waals surface area contributed by atoms with Crippen LogP contribution in [0, 0.1) is 5.82 Å². The second kappa shape index (κ2) is 6.80. The highest BCUT2D eigenvalue weighted by molar-refractivity contribution is 7.13. The maximum Gasteiger partial charge on any atom is 0.131 e. The fourth-order valence-electron chi connectivity index (χ4n) is 1.90. The van der Waals surface area contributed by atoms with Crippen LogP contribution in [0.25, 0.3) is 10.4 Å². The summed E-state index contributed by atoms with van der Waals surface area (Å²) >= 11 is 1.53. The number of aliphatic hydroxyl groups excluding tert-OH is 1. The quantitative estimate of drug-likeness (QED) is 0.849. The molecule has 2 N–H and O–H groups in total. The van der Waals surface area contributed by atoms with Crippen LogP contribution in [0.4, 0.5) is 4.39 Å². The second-order valence-electron chi connectivity index (χ2n) is 4.46. The molecule has 0 fully saturated rings. The fraction of sp³-hybridized carbons (Fsp3) is 0.333. The summed E-state index contributed by atoms with van der Waals surface area (Å²) < 4.78 is 13.8. The van der Waals surface area contributed by atoms with Crippen molar-refractivity contribution in [3.05, 3.63) is 47.1 Å². The molecule has 2 aromatic rings. The molecular weight excluding hydrogens is 261 g/mol. The van der Waals surface area contributed by atoms with Crippen molar-refractivity contribution in [2.75, 3.05) is 6.61 Å². The Balaban J connectivity index is 2.13. The van der Waals surface area contributed by atoms with E-state index in [1.54, 1.807) is 6.07 Å². The van der Waals surface area contributed by atoms with Crippen molar-refractivity contribution in [3.8, 4) is 10.4 Å². The van der Waals surface area contributed by atoms with Crippen LogP contribution in [-0.4, -0.2) is 17.8 Å². The summed E-state index contributed by atoms with van der Waals surface area (Å²) in [7, 11) is 0. The number of hydrogen-bond donors (Lipinski definition) is 2. The summed E-state index contributed by atoms with van der Waals surface area (Å²) in [4.78, 5) is 0.938. The lowest BCUT2D eigenvalue weighted by atomic mass is 10.1. The standard InChI is InChI=1S/C15H18FNOS/c1-2-12(10-18)17-9-11-5-6-14(16)13(8-11)15-4-3-7-19-15/h3-8,12,17-18H,2,9-10H2,1H3/t12-/m0/s1. The average molecular weight is 279 g/mol. The molecule has 2 nitrogen and oxygen atoms in total. The minimum Gasteiger partial charge on any atom is -0.395 e. The van der Waals surface area contributed by atoms with E-state index in [0.717, 1.165) is 16.9 Å².